The van der Waals surface area contributed by atoms with Crippen molar-refractivity contribution in [1.82, 2.24) is 4.90 Å². The molecule has 0 aliphatic carbocycles. The summed E-state index contributed by atoms with van der Waals surface area (Å²) in [6.07, 6.45) is 3.63. The Labute approximate surface area is 114 Å². The molecule has 0 spiro atoms. The van der Waals surface area contributed by atoms with Gasteiger partial charge in [-0.1, -0.05) is 12.1 Å². The number of carbonyl (C=O) groups excluding carboxylic acids is 1. The summed E-state index contributed by atoms with van der Waals surface area (Å²) in [7, 11) is 1.84. The van der Waals surface area contributed by atoms with Gasteiger partial charge in [-0.3, -0.25) is 4.79 Å². The van der Waals surface area contributed by atoms with E-state index in [-0.39, 0.29) is 11.8 Å². The van der Waals surface area contributed by atoms with Crippen molar-refractivity contribution in [2.24, 2.45) is 0 Å². The number of carbonyl (C=O) groups is 1. The molecule has 0 radical (unpaired) electrons. The Bertz CT molecular complexity index is 484. The number of hydrogen-bond acceptors (Lipinski definition) is 3. The van der Waals surface area contributed by atoms with E-state index in [4.69, 9.17) is 5.73 Å². The fourth-order valence-electron chi connectivity index (χ4n) is 2.40. The van der Waals surface area contributed by atoms with Crippen molar-refractivity contribution in [3.63, 3.8) is 0 Å². The van der Waals surface area contributed by atoms with Crippen LogP contribution >= 0.6 is 0 Å². The second kappa shape index (κ2) is 5.78. The maximum absolute atomic E-state index is 12.0. The molecule has 0 saturated carbocycles. The van der Waals surface area contributed by atoms with Gasteiger partial charge in [-0.25, -0.2) is 0 Å². The number of likely N-dealkylation sites (tertiary alicyclic amines) is 1. The van der Waals surface area contributed by atoms with Gasteiger partial charge in [0, 0.05) is 20.1 Å². The van der Waals surface area contributed by atoms with Crippen LogP contribution in [0.2, 0.25) is 0 Å². The van der Waals surface area contributed by atoms with Crippen molar-refractivity contribution >= 4 is 17.3 Å². The minimum absolute atomic E-state index is 0.0328. The Morgan fingerprint density at radius 3 is 2.95 bits per heavy atom. The van der Waals surface area contributed by atoms with Gasteiger partial charge < -0.3 is 16.0 Å². The number of rotatable bonds is 5. The number of amides is 1. The third-order valence-electron chi connectivity index (χ3n) is 3.57. The Balaban J connectivity index is 2.10. The third kappa shape index (κ3) is 2.89. The van der Waals surface area contributed by atoms with E-state index in [0.29, 0.717) is 5.69 Å². The Kier molecular flexibility index (Phi) is 4.10. The van der Waals surface area contributed by atoms with Gasteiger partial charge >= 0.3 is 0 Å². The molecular weight excluding hydrogens is 238 g/mol. The topological polar surface area (TPSA) is 58.4 Å². The summed E-state index contributed by atoms with van der Waals surface area (Å²) < 4.78 is 0. The molecule has 3 N–H and O–H groups in total. The molecule has 102 valence electrons. The molecule has 4 nitrogen and oxygen atoms in total. The molecule has 1 amide bonds. The number of nitrogens with two attached hydrogens (primary N) is 1. The van der Waals surface area contributed by atoms with E-state index in [9.17, 15) is 4.79 Å². The lowest BCUT2D eigenvalue weighted by Gasteiger charge is -2.14. The minimum Gasteiger partial charge on any atom is -0.397 e. The summed E-state index contributed by atoms with van der Waals surface area (Å²) in [6.45, 7) is 5.32. The molecular formula is C15H21N3O. The van der Waals surface area contributed by atoms with Gasteiger partial charge in [0.15, 0.2) is 0 Å². The van der Waals surface area contributed by atoms with Gasteiger partial charge in [0.1, 0.15) is 0 Å². The lowest BCUT2D eigenvalue weighted by molar-refractivity contribution is -0.127. The first-order chi connectivity index (χ1) is 9.13. The van der Waals surface area contributed by atoms with Crippen LogP contribution in [-0.2, 0) is 4.79 Å². The maximum Gasteiger partial charge on any atom is 0.229 e. The van der Waals surface area contributed by atoms with Crippen molar-refractivity contribution in [3.05, 3.63) is 36.4 Å². The summed E-state index contributed by atoms with van der Waals surface area (Å²) in [5, 5.41) is 3.26. The number of likely N-dealkylation sites (N-methyl/N-ethyl adjacent to an activating group) is 1. The van der Waals surface area contributed by atoms with E-state index in [1.54, 1.807) is 4.90 Å². The average molecular weight is 259 g/mol. The third-order valence-corrected chi connectivity index (χ3v) is 3.57. The molecule has 1 aromatic carbocycles. The average Bonchev–Trinajstić information content (AvgIpc) is 2.72. The summed E-state index contributed by atoms with van der Waals surface area (Å²) >= 11 is 0. The monoisotopic (exact) mass is 259 g/mol. The highest BCUT2D eigenvalue weighted by Crippen LogP contribution is 2.31. The van der Waals surface area contributed by atoms with Crippen molar-refractivity contribution in [3.8, 4) is 0 Å². The van der Waals surface area contributed by atoms with Crippen molar-refractivity contribution < 1.29 is 4.79 Å². The molecule has 1 atom stereocenters. The zero-order valence-corrected chi connectivity index (χ0v) is 11.4. The van der Waals surface area contributed by atoms with Crippen LogP contribution in [0, 0.1) is 0 Å². The SMILES string of the molecule is C=CCCNc1ccc(C2CCN(C)C2=O)cc1N. The fraction of sp³-hybridized carbons (Fsp3) is 0.400. The molecule has 1 saturated heterocycles. The number of anilines is 2. The lowest BCUT2D eigenvalue weighted by atomic mass is 9.97. The zero-order valence-electron chi connectivity index (χ0n) is 11.4. The molecule has 19 heavy (non-hydrogen) atoms. The van der Waals surface area contributed by atoms with E-state index < -0.39 is 0 Å². The molecule has 1 fully saturated rings. The summed E-state index contributed by atoms with van der Waals surface area (Å²) in [6, 6.07) is 5.87. The summed E-state index contributed by atoms with van der Waals surface area (Å²) in [5.74, 6) is 0.154. The molecule has 2 rings (SSSR count). The predicted octanol–water partition coefficient (Wildman–Crippen LogP) is 2.20. The smallest absolute Gasteiger partial charge is 0.229 e. The van der Waals surface area contributed by atoms with Crippen LogP contribution in [0.5, 0.6) is 0 Å². The minimum atomic E-state index is -0.0328. The summed E-state index contributed by atoms with van der Waals surface area (Å²) in [4.78, 5) is 13.7. The molecule has 1 aliphatic heterocycles. The standard InChI is InChI=1S/C15H21N3O/c1-3-4-8-17-14-6-5-11(10-13(14)16)12-7-9-18(2)15(12)19/h3,5-6,10,12,17H,1,4,7-9,16H2,2H3. The van der Waals surface area contributed by atoms with Crippen LogP contribution in [0.1, 0.15) is 24.3 Å². The highest BCUT2D eigenvalue weighted by atomic mass is 16.2. The van der Waals surface area contributed by atoms with Crippen LogP contribution in [0.3, 0.4) is 0 Å². The van der Waals surface area contributed by atoms with E-state index in [0.717, 1.165) is 37.2 Å². The largest absolute Gasteiger partial charge is 0.397 e. The second-order valence-corrected chi connectivity index (χ2v) is 4.95. The number of nitrogens with zero attached hydrogens (tertiary/aromatic N) is 1. The first-order valence-electron chi connectivity index (χ1n) is 6.62. The van der Waals surface area contributed by atoms with Crippen molar-refractivity contribution in [2.75, 3.05) is 31.2 Å². The molecule has 0 bridgehead atoms. The second-order valence-electron chi connectivity index (χ2n) is 4.95. The fourth-order valence-corrected chi connectivity index (χ4v) is 2.40. The highest BCUT2D eigenvalue weighted by molar-refractivity contribution is 5.86. The van der Waals surface area contributed by atoms with Gasteiger partial charge in [-0.2, -0.15) is 0 Å². The van der Waals surface area contributed by atoms with Crippen LogP contribution in [0.25, 0.3) is 0 Å². The van der Waals surface area contributed by atoms with E-state index in [2.05, 4.69) is 11.9 Å². The molecule has 1 aromatic rings. The first kappa shape index (κ1) is 13.5. The van der Waals surface area contributed by atoms with Crippen LogP contribution in [0.4, 0.5) is 11.4 Å². The van der Waals surface area contributed by atoms with Crippen molar-refractivity contribution in [2.45, 2.75) is 18.8 Å². The number of benzene rings is 1. The van der Waals surface area contributed by atoms with Crippen molar-refractivity contribution in [1.29, 1.82) is 0 Å². The number of nitrogen functional groups attached to an aromatic ring is 1. The van der Waals surface area contributed by atoms with Gasteiger partial charge in [0.25, 0.3) is 0 Å². The predicted molar refractivity (Wildman–Crippen MR) is 79.2 cm³/mol. The maximum atomic E-state index is 12.0. The quantitative estimate of drug-likeness (QED) is 0.484. The number of nitrogens with one attached hydrogen (secondary N) is 1. The first-order valence-corrected chi connectivity index (χ1v) is 6.62. The van der Waals surface area contributed by atoms with Crippen LogP contribution < -0.4 is 11.1 Å². The molecule has 1 heterocycles. The Hall–Kier alpha value is -1.97. The lowest BCUT2D eigenvalue weighted by Crippen LogP contribution is -2.21. The molecule has 4 heteroatoms. The van der Waals surface area contributed by atoms with Gasteiger partial charge in [0.05, 0.1) is 17.3 Å². The van der Waals surface area contributed by atoms with Crippen LogP contribution in [-0.4, -0.2) is 30.9 Å². The molecule has 1 unspecified atom stereocenters. The molecule has 0 aromatic heterocycles. The van der Waals surface area contributed by atoms with Gasteiger partial charge in [-0.15, -0.1) is 6.58 Å². The van der Waals surface area contributed by atoms with Gasteiger partial charge in [0.2, 0.25) is 5.91 Å². The Morgan fingerprint density at radius 1 is 1.58 bits per heavy atom. The highest BCUT2D eigenvalue weighted by Gasteiger charge is 2.30. The molecule has 1 aliphatic rings. The number of hydrogen-bond donors (Lipinski definition) is 2. The van der Waals surface area contributed by atoms with E-state index >= 15 is 0 Å². The van der Waals surface area contributed by atoms with Crippen LogP contribution in [0.15, 0.2) is 30.9 Å². The zero-order chi connectivity index (χ0) is 13.8. The van der Waals surface area contributed by atoms with Gasteiger partial charge in [-0.05, 0) is 30.5 Å². The Morgan fingerprint density at radius 2 is 2.37 bits per heavy atom. The van der Waals surface area contributed by atoms with E-state index in [1.165, 1.54) is 0 Å². The normalized spacial score (nSPS) is 18.7. The van der Waals surface area contributed by atoms with E-state index in [1.807, 2.05) is 31.3 Å². The summed E-state index contributed by atoms with van der Waals surface area (Å²) in [5.41, 5.74) is 8.67.